The highest BCUT2D eigenvalue weighted by Crippen LogP contribution is 2.35. The van der Waals surface area contributed by atoms with Gasteiger partial charge in [0.05, 0.1) is 23.8 Å². The fourth-order valence-corrected chi connectivity index (χ4v) is 4.12. The van der Waals surface area contributed by atoms with E-state index in [1.165, 1.54) is 12.1 Å². The van der Waals surface area contributed by atoms with Crippen molar-refractivity contribution in [3.05, 3.63) is 60.2 Å². The molecule has 164 valence electrons. The maximum atomic E-state index is 11.6. The molecule has 3 aromatic rings. The number of rotatable bonds is 9. The van der Waals surface area contributed by atoms with Gasteiger partial charge in [0.1, 0.15) is 0 Å². The number of primary sulfonamides is 1. The zero-order valence-electron chi connectivity index (χ0n) is 17.5. The molecule has 1 heterocycles. The number of aliphatic hydroxyl groups is 1. The average Bonchev–Trinajstić information content (AvgIpc) is 2.78. The van der Waals surface area contributed by atoms with Crippen LogP contribution in [0.4, 0.5) is 0 Å². The van der Waals surface area contributed by atoms with Crippen molar-refractivity contribution in [3.63, 3.8) is 0 Å². The molecule has 0 saturated heterocycles. The lowest BCUT2D eigenvalue weighted by atomic mass is 9.98. The number of nitrogens with two attached hydrogens (primary N) is 1. The molecule has 8 heteroatoms. The lowest BCUT2D eigenvalue weighted by Gasteiger charge is -2.16. The van der Waals surface area contributed by atoms with Gasteiger partial charge >= 0.3 is 0 Å². The summed E-state index contributed by atoms with van der Waals surface area (Å²) in [6.45, 7) is 2.31. The standard InChI is InChI=1S/C23H26N2O4S2/c1-3-4-12-29-23-21(15-26)20(16-8-10-19(11-9-16)31(24,27)28)14-22(25-23)17-6-5-7-18(13-17)30-2/h5-11,13-14,26H,3-4,12,15H2,1-2H3,(H2,24,27,28). The van der Waals surface area contributed by atoms with E-state index < -0.39 is 10.0 Å². The van der Waals surface area contributed by atoms with Gasteiger partial charge in [-0.1, -0.05) is 37.6 Å². The maximum absolute atomic E-state index is 11.6. The van der Waals surface area contributed by atoms with Gasteiger partial charge in [0.2, 0.25) is 15.9 Å². The fraction of sp³-hybridized carbons (Fsp3) is 0.261. The Hall–Kier alpha value is -2.39. The first kappa shape index (κ1) is 23.3. The predicted octanol–water partition coefficient (Wildman–Crippen LogP) is 4.46. The summed E-state index contributed by atoms with van der Waals surface area (Å²) in [5.41, 5.74) is 3.67. The van der Waals surface area contributed by atoms with Crippen molar-refractivity contribution >= 4 is 21.8 Å². The molecule has 0 saturated carbocycles. The smallest absolute Gasteiger partial charge is 0.238 e. The maximum Gasteiger partial charge on any atom is 0.238 e. The number of aliphatic hydroxyl groups excluding tert-OH is 1. The number of benzene rings is 2. The second-order valence-corrected chi connectivity index (χ2v) is 9.44. The normalized spacial score (nSPS) is 11.5. The second kappa shape index (κ2) is 10.3. The first-order chi connectivity index (χ1) is 14.9. The van der Waals surface area contributed by atoms with E-state index in [4.69, 9.17) is 14.9 Å². The zero-order chi connectivity index (χ0) is 22.4. The van der Waals surface area contributed by atoms with E-state index in [0.29, 0.717) is 23.7 Å². The molecule has 1 aromatic heterocycles. The number of aromatic nitrogens is 1. The molecule has 6 nitrogen and oxygen atoms in total. The van der Waals surface area contributed by atoms with Gasteiger partial charge in [0, 0.05) is 16.0 Å². The zero-order valence-corrected chi connectivity index (χ0v) is 19.2. The van der Waals surface area contributed by atoms with Crippen molar-refractivity contribution in [2.45, 2.75) is 36.2 Å². The molecule has 3 rings (SSSR count). The molecule has 2 aromatic carbocycles. The van der Waals surface area contributed by atoms with E-state index in [-0.39, 0.29) is 11.5 Å². The summed E-state index contributed by atoms with van der Waals surface area (Å²) in [5, 5.41) is 15.3. The minimum absolute atomic E-state index is 0.0307. The number of hydrogen-bond donors (Lipinski definition) is 2. The number of nitrogens with zero attached hydrogens (tertiary/aromatic N) is 1. The summed E-state index contributed by atoms with van der Waals surface area (Å²) in [6, 6.07) is 16.2. The summed E-state index contributed by atoms with van der Waals surface area (Å²) in [5.74, 6) is 0.383. The Morgan fingerprint density at radius 2 is 1.84 bits per heavy atom. The number of ether oxygens (including phenoxy) is 1. The van der Waals surface area contributed by atoms with Crippen LogP contribution in [0.3, 0.4) is 0 Å². The molecule has 0 aliphatic carbocycles. The van der Waals surface area contributed by atoms with Gasteiger partial charge in [0.25, 0.3) is 0 Å². The van der Waals surface area contributed by atoms with Crippen LogP contribution in [0.2, 0.25) is 0 Å². The van der Waals surface area contributed by atoms with Gasteiger partial charge < -0.3 is 9.84 Å². The third kappa shape index (κ3) is 5.65. The van der Waals surface area contributed by atoms with Crippen LogP contribution in [0.25, 0.3) is 22.4 Å². The van der Waals surface area contributed by atoms with Gasteiger partial charge in [-0.3, -0.25) is 0 Å². The Kier molecular flexibility index (Phi) is 7.72. The lowest BCUT2D eigenvalue weighted by molar-refractivity contribution is 0.256. The largest absolute Gasteiger partial charge is 0.477 e. The van der Waals surface area contributed by atoms with E-state index >= 15 is 0 Å². The van der Waals surface area contributed by atoms with Crippen molar-refractivity contribution < 1.29 is 18.3 Å². The third-order valence-electron chi connectivity index (χ3n) is 4.84. The molecule has 0 aliphatic rings. The van der Waals surface area contributed by atoms with Gasteiger partial charge in [0.15, 0.2) is 0 Å². The quantitative estimate of drug-likeness (QED) is 0.363. The molecule has 0 atom stereocenters. The van der Waals surface area contributed by atoms with Gasteiger partial charge in [-0.2, -0.15) is 0 Å². The number of hydrogen-bond acceptors (Lipinski definition) is 6. The summed E-state index contributed by atoms with van der Waals surface area (Å²) in [4.78, 5) is 5.84. The summed E-state index contributed by atoms with van der Waals surface area (Å²) in [7, 11) is -3.79. The highest BCUT2D eigenvalue weighted by Gasteiger charge is 2.17. The van der Waals surface area contributed by atoms with Crippen LogP contribution in [0, 0.1) is 0 Å². The Morgan fingerprint density at radius 1 is 1.10 bits per heavy atom. The van der Waals surface area contributed by atoms with Crippen molar-refractivity contribution in [1.29, 1.82) is 0 Å². The minimum Gasteiger partial charge on any atom is -0.477 e. The van der Waals surface area contributed by atoms with Crippen LogP contribution in [0.5, 0.6) is 5.88 Å². The molecule has 0 spiro atoms. The fourth-order valence-electron chi connectivity index (χ4n) is 3.15. The molecule has 0 amide bonds. The summed E-state index contributed by atoms with van der Waals surface area (Å²) >= 11 is 1.64. The second-order valence-electron chi connectivity index (χ2n) is 7.00. The minimum atomic E-state index is -3.79. The average molecular weight is 459 g/mol. The first-order valence-electron chi connectivity index (χ1n) is 9.92. The molecular weight excluding hydrogens is 432 g/mol. The molecule has 3 N–H and O–H groups in total. The highest BCUT2D eigenvalue weighted by molar-refractivity contribution is 7.98. The molecule has 0 bridgehead atoms. The van der Waals surface area contributed by atoms with Crippen molar-refractivity contribution in [2.75, 3.05) is 12.9 Å². The molecular formula is C23H26N2O4S2. The monoisotopic (exact) mass is 458 g/mol. The van der Waals surface area contributed by atoms with Crippen LogP contribution in [-0.4, -0.2) is 31.4 Å². The topological polar surface area (TPSA) is 103 Å². The Bertz CT molecular complexity index is 1150. The lowest BCUT2D eigenvalue weighted by Crippen LogP contribution is -2.11. The predicted molar refractivity (Wildman–Crippen MR) is 125 cm³/mol. The molecule has 0 fully saturated rings. The van der Waals surface area contributed by atoms with Crippen LogP contribution in [-0.2, 0) is 16.6 Å². The van der Waals surface area contributed by atoms with Crippen LogP contribution >= 0.6 is 11.8 Å². The van der Waals surface area contributed by atoms with Crippen molar-refractivity contribution in [1.82, 2.24) is 4.98 Å². The summed E-state index contributed by atoms with van der Waals surface area (Å²) in [6.07, 6.45) is 3.86. The SMILES string of the molecule is CCCCOc1nc(-c2cccc(SC)c2)cc(-c2ccc(S(N)(=O)=O)cc2)c1CO. The van der Waals surface area contributed by atoms with E-state index in [1.54, 1.807) is 23.9 Å². The van der Waals surface area contributed by atoms with Gasteiger partial charge in [-0.05, 0) is 54.1 Å². The Labute approximate surface area is 187 Å². The Morgan fingerprint density at radius 3 is 2.45 bits per heavy atom. The van der Waals surface area contributed by atoms with Crippen LogP contribution in [0.15, 0.2) is 64.4 Å². The van der Waals surface area contributed by atoms with Gasteiger partial charge in [-0.25, -0.2) is 18.5 Å². The number of thioether (sulfide) groups is 1. The van der Waals surface area contributed by atoms with E-state index in [2.05, 4.69) is 13.0 Å². The van der Waals surface area contributed by atoms with E-state index in [0.717, 1.165) is 34.4 Å². The van der Waals surface area contributed by atoms with E-state index in [9.17, 15) is 13.5 Å². The van der Waals surface area contributed by atoms with Crippen molar-refractivity contribution in [2.24, 2.45) is 5.14 Å². The Balaban J connectivity index is 2.16. The van der Waals surface area contributed by atoms with Crippen LogP contribution < -0.4 is 9.88 Å². The van der Waals surface area contributed by atoms with Crippen molar-refractivity contribution in [3.8, 4) is 28.3 Å². The molecule has 0 aliphatic heterocycles. The third-order valence-corrected chi connectivity index (χ3v) is 6.50. The van der Waals surface area contributed by atoms with E-state index in [1.807, 2.05) is 30.5 Å². The molecule has 0 unspecified atom stereocenters. The number of unbranched alkanes of at least 4 members (excludes halogenated alkanes) is 1. The number of pyridine rings is 1. The van der Waals surface area contributed by atoms with Gasteiger partial charge in [-0.15, -0.1) is 11.8 Å². The first-order valence-corrected chi connectivity index (χ1v) is 12.7. The number of sulfonamides is 1. The molecule has 31 heavy (non-hydrogen) atoms. The van der Waals surface area contributed by atoms with Crippen LogP contribution in [0.1, 0.15) is 25.3 Å². The highest BCUT2D eigenvalue weighted by atomic mass is 32.2. The summed E-state index contributed by atoms with van der Waals surface area (Å²) < 4.78 is 29.2. The molecule has 0 radical (unpaired) electrons.